The van der Waals surface area contributed by atoms with E-state index in [1.54, 1.807) is 11.1 Å². The van der Waals surface area contributed by atoms with E-state index in [0.717, 1.165) is 23.3 Å². The smallest absolute Gasteiger partial charge is 0.123 e. The topological polar surface area (TPSA) is 12.0 Å². The molecule has 0 aliphatic heterocycles. The Morgan fingerprint density at radius 2 is 1.71 bits per heavy atom. The van der Waals surface area contributed by atoms with Crippen LogP contribution in [0.25, 0.3) is 0 Å². The summed E-state index contributed by atoms with van der Waals surface area (Å²) >= 11 is 0. The van der Waals surface area contributed by atoms with Gasteiger partial charge in [0.1, 0.15) is 8.24 Å². The fourth-order valence-corrected chi connectivity index (χ4v) is 10.7. The zero-order valence-electron chi connectivity index (χ0n) is 14.8. The SMILES string of the molecule is CC1CC2C=C3CCCC3=CC2[C@H]1[Si](C)(C)NC(C)(C)C. The number of hydrogen-bond donors (Lipinski definition) is 1. The summed E-state index contributed by atoms with van der Waals surface area (Å²) in [5.41, 5.74) is 4.53. The second kappa shape index (κ2) is 5.09. The maximum Gasteiger partial charge on any atom is 0.123 e. The minimum Gasteiger partial charge on any atom is -0.332 e. The summed E-state index contributed by atoms with van der Waals surface area (Å²) in [5, 5.41) is 0. The van der Waals surface area contributed by atoms with Crippen LogP contribution in [0.5, 0.6) is 0 Å². The fraction of sp³-hybridized carbons (Fsp3) is 0.789. The van der Waals surface area contributed by atoms with Crippen LogP contribution in [0.1, 0.15) is 53.4 Å². The van der Waals surface area contributed by atoms with Gasteiger partial charge >= 0.3 is 0 Å². The fourth-order valence-electron chi connectivity index (χ4n) is 5.69. The highest BCUT2D eigenvalue weighted by Gasteiger charge is 2.50. The normalized spacial score (nSPS) is 36.1. The largest absolute Gasteiger partial charge is 0.332 e. The zero-order valence-corrected chi connectivity index (χ0v) is 15.8. The van der Waals surface area contributed by atoms with Gasteiger partial charge in [0.05, 0.1) is 0 Å². The molecule has 0 spiro atoms. The molecule has 21 heavy (non-hydrogen) atoms. The van der Waals surface area contributed by atoms with Gasteiger partial charge in [-0.25, -0.2) is 0 Å². The summed E-state index contributed by atoms with van der Waals surface area (Å²) in [6.45, 7) is 14.6. The molecule has 3 rings (SSSR count). The Hall–Kier alpha value is -0.343. The second-order valence-electron chi connectivity index (χ2n) is 9.31. The highest BCUT2D eigenvalue weighted by atomic mass is 28.3. The molecule has 4 atom stereocenters. The Labute approximate surface area is 132 Å². The average Bonchev–Trinajstić information content (AvgIpc) is 2.83. The molecule has 0 aromatic carbocycles. The Morgan fingerprint density at radius 1 is 1.10 bits per heavy atom. The van der Waals surface area contributed by atoms with Crippen molar-refractivity contribution in [3.63, 3.8) is 0 Å². The summed E-state index contributed by atoms with van der Waals surface area (Å²) in [7, 11) is -1.44. The van der Waals surface area contributed by atoms with Crippen molar-refractivity contribution in [3.8, 4) is 0 Å². The van der Waals surface area contributed by atoms with Crippen LogP contribution < -0.4 is 4.98 Å². The molecule has 0 heterocycles. The monoisotopic (exact) mass is 303 g/mol. The van der Waals surface area contributed by atoms with Crippen LogP contribution in [0, 0.1) is 17.8 Å². The minimum atomic E-state index is -1.44. The Morgan fingerprint density at radius 3 is 2.33 bits per heavy atom. The van der Waals surface area contributed by atoms with Crippen molar-refractivity contribution in [1.29, 1.82) is 0 Å². The van der Waals surface area contributed by atoms with Crippen LogP contribution in [-0.4, -0.2) is 13.8 Å². The number of fused-ring (bicyclic) bond motifs is 2. The average molecular weight is 304 g/mol. The van der Waals surface area contributed by atoms with Crippen LogP contribution in [0.3, 0.4) is 0 Å². The molecule has 0 bridgehead atoms. The van der Waals surface area contributed by atoms with Gasteiger partial charge in [0.25, 0.3) is 0 Å². The van der Waals surface area contributed by atoms with Crippen molar-refractivity contribution in [3.05, 3.63) is 23.3 Å². The molecule has 2 fully saturated rings. The number of nitrogens with one attached hydrogen (secondary N) is 1. The van der Waals surface area contributed by atoms with Gasteiger partial charge in [0.15, 0.2) is 0 Å². The summed E-state index contributed by atoms with van der Waals surface area (Å²) in [4.78, 5) is 4.05. The number of allylic oxidation sites excluding steroid dienone is 4. The van der Waals surface area contributed by atoms with Gasteiger partial charge in [-0.2, -0.15) is 0 Å². The van der Waals surface area contributed by atoms with Crippen molar-refractivity contribution >= 4 is 8.24 Å². The van der Waals surface area contributed by atoms with E-state index >= 15 is 0 Å². The summed E-state index contributed by atoms with van der Waals surface area (Å²) in [5.74, 6) is 2.51. The first-order chi connectivity index (χ1) is 9.67. The van der Waals surface area contributed by atoms with E-state index in [-0.39, 0.29) is 5.54 Å². The first kappa shape index (κ1) is 15.5. The van der Waals surface area contributed by atoms with E-state index < -0.39 is 8.24 Å². The quantitative estimate of drug-likeness (QED) is 0.685. The van der Waals surface area contributed by atoms with E-state index in [2.05, 4.69) is 57.9 Å². The highest BCUT2D eigenvalue weighted by Crippen LogP contribution is 2.55. The standard InChI is InChI=1S/C19H33NSi/c1-13-10-16-11-14-8-7-9-15(14)12-17(16)18(13)21(5,6)20-19(2,3)4/h11-13,16-18,20H,7-10H2,1-6H3/t13?,16?,17?,18-/m0/s1. The molecule has 0 aromatic rings. The number of rotatable bonds is 2. The van der Waals surface area contributed by atoms with Crippen molar-refractivity contribution in [1.82, 2.24) is 4.98 Å². The number of hydrogen-bond acceptors (Lipinski definition) is 1. The van der Waals surface area contributed by atoms with Gasteiger partial charge in [-0.1, -0.05) is 32.2 Å². The van der Waals surface area contributed by atoms with E-state index in [0.29, 0.717) is 0 Å². The molecule has 0 radical (unpaired) electrons. The lowest BCUT2D eigenvalue weighted by Gasteiger charge is -2.42. The van der Waals surface area contributed by atoms with Crippen LogP contribution in [0.2, 0.25) is 18.6 Å². The minimum absolute atomic E-state index is 0.240. The molecule has 3 unspecified atom stereocenters. The first-order valence-corrected chi connectivity index (χ1v) is 12.0. The van der Waals surface area contributed by atoms with Gasteiger partial charge in [0, 0.05) is 5.54 Å². The second-order valence-corrected chi connectivity index (χ2v) is 13.7. The summed E-state index contributed by atoms with van der Waals surface area (Å²) < 4.78 is 0. The van der Waals surface area contributed by atoms with E-state index in [4.69, 9.17) is 0 Å². The third kappa shape index (κ3) is 2.94. The first-order valence-electron chi connectivity index (χ1n) is 8.88. The van der Waals surface area contributed by atoms with Crippen LogP contribution in [0.4, 0.5) is 0 Å². The van der Waals surface area contributed by atoms with Crippen molar-refractivity contribution < 1.29 is 0 Å². The van der Waals surface area contributed by atoms with Crippen molar-refractivity contribution in [2.45, 2.75) is 77.6 Å². The Balaban J connectivity index is 1.88. The Kier molecular flexibility index (Phi) is 3.77. The molecule has 118 valence electrons. The molecular weight excluding hydrogens is 270 g/mol. The molecule has 0 saturated heterocycles. The lowest BCUT2D eigenvalue weighted by Crippen LogP contribution is -2.58. The molecule has 0 amide bonds. The zero-order chi connectivity index (χ0) is 15.4. The maximum absolute atomic E-state index is 4.05. The third-order valence-electron chi connectivity index (χ3n) is 5.81. The Bertz CT molecular complexity index is 480. The molecule has 1 nitrogen and oxygen atoms in total. The van der Waals surface area contributed by atoms with Crippen molar-refractivity contribution in [2.24, 2.45) is 17.8 Å². The molecule has 1 N–H and O–H groups in total. The van der Waals surface area contributed by atoms with Crippen LogP contribution in [0.15, 0.2) is 23.3 Å². The summed E-state index contributed by atoms with van der Waals surface area (Å²) in [6, 6.07) is 0. The van der Waals surface area contributed by atoms with Gasteiger partial charge in [0.2, 0.25) is 0 Å². The van der Waals surface area contributed by atoms with Gasteiger partial charge in [-0.05, 0) is 80.9 Å². The van der Waals surface area contributed by atoms with Crippen molar-refractivity contribution in [2.75, 3.05) is 0 Å². The van der Waals surface area contributed by atoms with E-state index in [1.807, 2.05) is 0 Å². The molecule has 0 aromatic heterocycles. The lowest BCUT2D eigenvalue weighted by molar-refractivity contribution is 0.474. The van der Waals surface area contributed by atoms with Gasteiger partial charge in [-0.3, -0.25) is 0 Å². The predicted molar refractivity (Wildman–Crippen MR) is 94.9 cm³/mol. The van der Waals surface area contributed by atoms with E-state index in [9.17, 15) is 0 Å². The van der Waals surface area contributed by atoms with Gasteiger partial charge < -0.3 is 4.98 Å². The van der Waals surface area contributed by atoms with Crippen LogP contribution in [-0.2, 0) is 0 Å². The molecule has 2 heteroatoms. The van der Waals surface area contributed by atoms with E-state index in [1.165, 1.54) is 25.7 Å². The maximum atomic E-state index is 4.05. The van der Waals surface area contributed by atoms with Gasteiger partial charge in [-0.15, -0.1) is 0 Å². The third-order valence-corrected chi connectivity index (χ3v) is 9.83. The highest BCUT2D eigenvalue weighted by molar-refractivity contribution is 6.76. The molecule has 3 aliphatic rings. The molecule has 2 saturated carbocycles. The lowest BCUT2D eigenvalue weighted by atomic mass is 9.85. The van der Waals surface area contributed by atoms with Crippen LogP contribution >= 0.6 is 0 Å². The predicted octanol–water partition coefficient (Wildman–Crippen LogP) is 5.27. The molecular formula is C19H33NSi. The summed E-state index contributed by atoms with van der Waals surface area (Å²) in [6.07, 6.45) is 10.9. The molecule has 3 aliphatic carbocycles.